The van der Waals surface area contributed by atoms with Crippen molar-refractivity contribution in [2.75, 3.05) is 6.54 Å². The fourth-order valence-electron chi connectivity index (χ4n) is 1.01. The van der Waals surface area contributed by atoms with Crippen molar-refractivity contribution in [1.29, 1.82) is 0 Å². The van der Waals surface area contributed by atoms with Crippen molar-refractivity contribution >= 4 is 16.0 Å². The van der Waals surface area contributed by atoms with Crippen LogP contribution in [0.1, 0.15) is 24.3 Å². The molecule has 0 spiro atoms. The maximum Gasteiger partial charge on any atom is 0.352 e. The summed E-state index contributed by atoms with van der Waals surface area (Å²) >= 11 is 0. The molecule has 96 valence electrons. The van der Waals surface area contributed by atoms with Gasteiger partial charge in [0.15, 0.2) is 0 Å². The van der Waals surface area contributed by atoms with E-state index in [9.17, 15) is 18.3 Å². The highest BCUT2D eigenvalue weighted by atomic mass is 32.2. The number of sulfonamides is 1. The zero-order chi connectivity index (χ0) is 13.3. The second-order valence-corrected chi connectivity index (χ2v) is 5.96. The lowest BCUT2D eigenvalue weighted by molar-refractivity contribution is 0.0691. The van der Waals surface area contributed by atoms with Gasteiger partial charge in [-0.15, -0.1) is 0 Å². The molecule has 0 unspecified atom stereocenters. The number of hydrogen-bond acceptors (Lipinski definition) is 4. The number of aromatic carboxylic acids is 1. The molecule has 0 aromatic carbocycles. The van der Waals surface area contributed by atoms with Crippen LogP contribution in [0.2, 0.25) is 0 Å². The summed E-state index contributed by atoms with van der Waals surface area (Å²) in [5, 5.41) is 18.0. The van der Waals surface area contributed by atoms with Gasteiger partial charge in [0, 0.05) is 12.7 Å². The van der Waals surface area contributed by atoms with Crippen LogP contribution in [0.3, 0.4) is 0 Å². The Bertz CT molecular complexity index is 512. The molecular weight excluding hydrogens is 248 g/mol. The van der Waals surface area contributed by atoms with E-state index >= 15 is 0 Å². The van der Waals surface area contributed by atoms with E-state index in [4.69, 9.17) is 5.11 Å². The Morgan fingerprint density at radius 2 is 2.12 bits per heavy atom. The summed E-state index contributed by atoms with van der Waals surface area (Å²) in [7, 11) is -3.81. The Labute approximate surface area is 98.5 Å². The minimum Gasteiger partial charge on any atom is -0.477 e. The third-order valence-corrected chi connectivity index (χ3v) is 3.27. The number of rotatable bonds is 5. The van der Waals surface area contributed by atoms with Crippen molar-refractivity contribution in [3.63, 3.8) is 0 Å². The van der Waals surface area contributed by atoms with Crippen LogP contribution in [0.5, 0.6) is 0 Å². The highest BCUT2D eigenvalue weighted by Crippen LogP contribution is 2.11. The molecule has 1 aromatic rings. The smallest absolute Gasteiger partial charge is 0.352 e. The number of carbonyl (C=O) groups is 1. The number of aromatic amines is 1. The van der Waals surface area contributed by atoms with Crippen LogP contribution in [0.15, 0.2) is 17.2 Å². The van der Waals surface area contributed by atoms with Crippen LogP contribution in [0, 0.1) is 0 Å². The second kappa shape index (κ2) is 4.47. The minimum absolute atomic E-state index is 0.164. The average molecular weight is 262 g/mol. The van der Waals surface area contributed by atoms with Crippen LogP contribution in [0.25, 0.3) is 0 Å². The SMILES string of the molecule is CC(C)(O)CNS(=O)(=O)c1c[nH]c(C(=O)O)c1. The first-order valence-electron chi connectivity index (χ1n) is 4.75. The summed E-state index contributed by atoms with van der Waals surface area (Å²) in [4.78, 5) is 12.7. The van der Waals surface area contributed by atoms with E-state index in [0.717, 1.165) is 12.3 Å². The Kier molecular flexibility index (Phi) is 3.60. The Hall–Kier alpha value is -1.38. The predicted molar refractivity (Wildman–Crippen MR) is 59.2 cm³/mol. The topological polar surface area (TPSA) is 119 Å². The van der Waals surface area contributed by atoms with Gasteiger partial charge in [0.25, 0.3) is 0 Å². The molecule has 0 radical (unpaired) electrons. The van der Waals surface area contributed by atoms with E-state index in [2.05, 4.69) is 9.71 Å². The van der Waals surface area contributed by atoms with Gasteiger partial charge in [-0.05, 0) is 19.9 Å². The minimum atomic E-state index is -3.81. The van der Waals surface area contributed by atoms with E-state index < -0.39 is 21.6 Å². The first-order valence-corrected chi connectivity index (χ1v) is 6.24. The molecular formula is C9H14N2O5S. The summed E-state index contributed by atoms with van der Waals surface area (Å²) < 4.78 is 25.5. The number of H-pyrrole nitrogens is 1. The number of carboxylic acid groups (broad SMARTS) is 1. The van der Waals surface area contributed by atoms with Gasteiger partial charge in [0.2, 0.25) is 10.0 Å². The first-order chi connectivity index (χ1) is 7.62. The molecule has 17 heavy (non-hydrogen) atoms. The largest absolute Gasteiger partial charge is 0.477 e. The van der Waals surface area contributed by atoms with Crippen molar-refractivity contribution in [2.24, 2.45) is 0 Å². The molecule has 0 bridgehead atoms. The quantitative estimate of drug-likeness (QED) is 0.584. The van der Waals surface area contributed by atoms with Gasteiger partial charge in [0.05, 0.1) is 5.60 Å². The first kappa shape index (κ1) is 13.7. The monoisotopic (exact) mass is 262 g/mol. The van der Waals surface area contributed by atoms with Crippen LogP contribution < -0.4 is 4.72 Å². The van der Waals surface area contributed by atoms with Gasteiger partial charge in [-0.1, -0.05) is 0 Å². The molecule has 0 saturated heterocycles. The van der Waals surface area contributed by atoms with Crippen molar-refractivity contribution in [3.8, 4) is 0 Å². The van der Waals surface area contributed by atoms with Crippen LogP contribution in [-0.4, -0.2) is 41.7 Å². The lowest BCUT2D eigenvalue weighted by Gasteiger charge is -2.17. The summed E-state index contributed by atoms with van der Waals surface area (Å²) in [5.41, 5.74) is -1.40. The Morgan fingerprint density at radius 3 is 2.53 bits per heavy atom. The molecule has 4 N–H and O–H groups in total. The molecule has 0 amide bonds. The third-order valence-electron chi connectivity index (χ3n) is 1.89. The molecule has 0 aliphatic carbocycles. The molecule has 0 aliphatic rings. The molecule has 0 saturated carbocycles. The zero-order valence-electron chi connectivity index (χ0n) is 9.39. The van der Waals surface area contributed by atoms with Gasteiger partial charge in [-0.3, -0.25) is 0 Å². The average Bonchev–Trinajstić information content (AvgIpc) is 2.63. The van der Waals surface area contributed by atoms with Gasteiger partial charge in [-0.2, -0.15) is 0 Å². The molecule has 1 heterocycles. The summed E-state index contributed by atoms with van der Waals surface area (Å²) in [5.74, 6) is -1.24. The van der Waals surface area contributed by atoms with Gasteiger partial charge < -0.3 is 15.2 Å². The van der Waals surface area contributed by atoms with Crippen molar-refractivity contribution in [1.82, 2.24) is 9.71 Å². The normalized spacial score (nSPS) is 12.6. The zero-order valence-corrected chi connectivity index (χ0v) is 10.2. The predicted octanol–water partition coefficient (Wildman–Crippen LogP) is -0.238. The number of carboxylic acids is 1. The molecule has 1 aromatic heterocycles. The number of hydrogen-bond donors (Lipinski definition) is 4. The highest BCUT2D eigenvalue weighted by Gasteiger charge is 2.21. The Balaban J connectivity index is 2.86. The third kappa shape index (κ3) is 3.84. The fraction of sp³-hybridized carbons (Fsp3) is 0.444. The molecule has 0 aliphatic heterocycles. The van der Waals surface area contributed by atoms with E-state index in [0.29, 0.717) is 0 Å². The maximum atomic E-state index is 11.7. The van der Waals surface area contributed by atoms with Crippen molar-refractivity contribution in [3.05, 3.63) is 18.0 Å². The van der Waals surface area contributed by atoms with Gasteiger partial charge in [-0.25, -0.2) is 17.9 Å². The van der Waals surface area contributed by atoms with E-state index in [1.807, 2.05) is 0 Å². The van der Waals surface area contributed by atoms with Crippen LogP contribution in [0.4, 0.5) is 0 Å². The van der Waals surface area contributed by atoms with E-state index in [1.165, 1.54) is 13.8 Å². The summed E-state index contributed by atoms with van der Waals surface area (Å²) in [6, 6.07) is 1.01. The maximum absolute atomic E-state index is 11.7. The molecule has 0 atom stereocenters. The highest BCUT2D eigenvalue weighted by molar-refractivity contribution is 7.89. The molecule has 1 rings (SSSR count). The van der Waals surface area contributed by atoms with Crippen LogP contribution in [-0.2, 0) is 10.0 Å². The summed E-state index contributed by atoms with van der Waals surface area (Å²) in [6.07, 6.45) is 1.08. The van der Waals surface area contributed by atoms with Crippen LogP contribution >= 0.6 is 0 Å². The molecule has 7 nitrogen and oxygen atoms in total. The molecule has 8 heteroatoms. The number of aromatic nitrogens is 1. The second-order valence-electron chi connectivity index (χ2n) is 4.19. The van der Waals surface area contributed by atoms with E-state index in [1.54, 1.807) is 0 Å². The fourth-order valence-corrected chi connectivity index (χ4v) is 2.21. The number of nitrogens with one attached hydrogen (secondary N) is 2. The lowest BCUT2D eigenvalue weighted by atomic mass is 10.1. The van der Waals surface area contributed by atoms with Crippen molar-refractivity contribution < 1.29 is 23.4 Å². The summed E-state index contributed by atoms with van der Waals surface area (Å²) in [6.45, 7) is 2.74. The van der Waals surface area contributed by atoms with Gasteiger partial charge >= 0.3 is 5.97 Å². The Morgan fingerprint density at radius 1 is 1.53 bits per heavy atom. The standard InChI is InChI=1S/C9H14N2O5S/c1-9(2,14)5-11-17(15,16)6-3-7(8(12)13)10-4-6/h3-4,10-11,14H,5H2,1-2H3,(H,12,13). The molecule has 0 fully saturated rings. The van der Waals surface area contributed by atoms with Gasteiger partial charge in [0.1, 0.15) is 10.6 Å². The number of aliphatic hydroxyl groups is 1. The van der Waals surface area contributed by atoms with Crippen molar-refractivity contribution in [2.45, 2.75) is 24.3 Å². The van der Waals surface area contributed by atoms with E-state index in [-0.39, 0.29) is 17.1 Å². The lowest BCUT2D eigenvalue weighted by Crippen LogP contribution is -2.38.